The molecule has 0 saturated carbocycles. The number of alkyl halides is 7. The molecule has 43 heavy (non-hydrogen) atoms. The van der Waals surface area contributed by atoms with E-state index in [2.05, 4.69) is 0 Å². The molecule has 0 spiro atoms. The fourth-order valence-corrected chi connectivity index (χ4v) is 8.34. The average Bonchev–Trinajstić information content (AvgIpc) is 3.46. The molecule has 3 aromatic rings. The van der Waals surface area contributed by atoms with Crippen molar-refractivity contribution in [2.24, 2.45) is 0 Å². The number of carbonyl (C=O) groups is 2. The summed E-state index contributed by atoms with van der Waals surface area (Å²) in [5, 5.41) is 9.30. The maximum atomic E-state index is 14.9. The molecule has 5 rings (SSSR count). The van der Waals surface area contributed by atoms with Gasteiger partial charge < -0.3 is 10.0 Å². The molecule has 2 unspecified atom stereocenters. The maximum absolute atomic E-state index is 14.9. The number of hydrogen-bond acceptors (Lipinski definition) is 4. The number of sulfone groups is 1. The number of likely N-dealkylation sites (tertiary alicyclic amines) is 1. The molecular formula is C28H19F8NO5S. The molecule has 1 fully saturated rings. The van der Waals surface area contributed by atoms with Crippen molar-refractivity contribution in [2.45, 2.75) is 46.5 Å². The first-order chi connectivity index (χ1) is 19.9. The van der Waals surface area contributed by atoms with Gasteiger partial charge in [-0.25, -0.2) is 22.0 Å². The molecule has 1 amide bonds. The molecule has 3 aromatic carbocycles. The second-order valence-electron chi connectivity index (χ2n) is 10.2. The van der Waals surface area contributed by atoms with Gasteiger partial charge in [0.15, 0.2) is 9.84 Å². The van der Waals surface area contributed by atoms with E-state index in [1.54, 1.807) is 0 Å². The molecule has 228 valence electrons. The molecule has 1 aliphatic carbocycles. The Hall–Kier alpha value is -4.01. The zero-order valence-corrected chi connectivity index (χ0v) is 22.3. The molecular weight excluding hydrogens is 614 g/mol. The molecule has 2 atom stereocenters. The van der Waals surface area contributed by atoms with Crippen LogP contribution in [0.3, 0.4) is 0 Å². The smallest absolute Gasteiger partial charge is 0.435 e. The van der Waals surface area contributed by atoms with E-state index in [1.807, 2.05) is 0 Å². The van der Waals surface area contributed by atoms with Gasteiger partial charge in [-0.1, -0.05) is 24.3 Å². The van der Waals surface area contributed by atoms with Crippen LogP contribution in [-0.4, -0.2) is 55.2 Å². The van der Waals surface area contributed by atoms with Crippen LogP contribution in [0, 0.1) is 5.82 Å². The maximum Gasteiger partial charge on any atom is 0.435 e. The number of carboxylic acids is 1. The van der Waals surface area contributed by atoms with E-state index in [9.17, 15) is 58.2 Å². The van der Waals surface area contributed by atoms with Crippen LogP contribution in [0.1, 0.15) is 43.8 Å². The lowest BCUT2D eigenvalue weighted by Crippen LogP contribution is -2.50. The van der Waals surface area contributed by atoms with Gasteiger partial charge in [-0.15, -0.1) is 0 Å². The van der Waals surface area contributed by atoms with Gasteiger partial charge in [0.05, 0.1) is 16.5 Å². The standard InChI is InChI=1S/C28H19F8NO5S/c29-19-5-7-20(8-6-19)43(41,42)25-10-11-37(23(38)15-2-1-3-16(12-15)24(39)40)22(25)14-17-13-18(4-9-21(17)25)26(30,27(31,32)33)28(34,35)36/h1-9,12-13,22H,10-11,14H2,(H,39,40). The molecule has 2 aliphatic rings. The largest absolute Gasteiger partial charge is 0.478 e. The summed E-state index contributed by atoms with van der Waals surface area (Å²) < 4.78 is 136. The van der Waals surface area contributed by atoms with Gasteiger partial charge in [-0.3, -0.25) is 4.79 Å². The van der Waals surface area contributed by atoms with Gasteiger partial charge in [0.25, 0.3) is 5.91 Å². The molecule has 15 heteroatoms. The summed E-state index contributed by atoms with van der Waals surface area (Å²) in [5.41, 5.74) is -8.61. The summed E-state index contributed by atoms with van der Waals surface area (Å²) in [7, 11) is -4.64. The predicted molar refractivity (Wildman–Crippen MR) is 133 cm³/mol. The van der Waals surface area contributed by atoms with Crippen molar-refractivity contribution in [1.82, 2.24) is 4.90 Å². The second-order valence-corrected chi connectivity index (χ2v) is 12.4. The normalized spacial score (nSPS) is 20.6. The third-order valence-corrected chi connectivity index (χ3v) is 10.6. The number of rotatable bonds is 5. The summed E-state index contributed by atoms with van der Waals surface area (Å²) in [4.78, 5) is 25.6. The van der Waals surface area contributed by atoms with Crippen molar-refractivity contribution in [1.29, 1.82) is 0 Å². The van der Waals surface area contributed by atoms with Crippen molar-refractivity contribution in [3.63, 3.8) is 0 Å². The molecule has 6 nitrogen and oxygen atoms in total. The van der Waals surface area contributed by atoms with Crippen molar-refractivity contribution < 1.29 is 58.2 Å². The number of hydrogen-bond donors (Lipinski definition) is 1. The minimum absolute atomic E-state index is 0.163. The number of carbonyl (C=O) groups excluding carboxylic acids is 1. The summed E-state index contributed by atoms with van der Waals surface area (Å²) in [6.07, 6.45) is -13.8. The van der Waals surface area contributed by atoms with Gasteiger partial charge in [-0.2, -0.15) is 26.3 Å². The Morgan fingerprint density at radius 3 is 2.05 bits per heavy atom. The second kappa shape index (κ2) is 9.76. The average molecular weight is 634 g/mol. The third-order valence-electron chi connectivity index (χ3n) is 8.01. The van der Waals surface area contributed by atoms with E-state index in [-0.39, 0.29) is 41.3 Å². The van der Waals surface area contributed by atoms with E-state index >= 15 is 0 Å². The van der Waals surface area contributed by atoms with E-state index < -0.39 is 73.2 Å². The van der Waals surface area contributed by atoms with Crippen LogP contribution in [0.2, 0.25) is 0 Å². The summed E-state index contributed by atoms with van der Waals surface area (Å²) in [6.45, 7) is -0.249. The van der Waals surface area contributed by atoms with Gasteiger partial charge in [0.1, 0.15) is 10.6 Å². The molecule has 1 N–H and O–H groups in total. The Kier molecular flexibility index (Phi) is 6.91. The number of amides is 1. The highest BCUT2D eigenvalue weighted by atomic mass is 32.2. The van der Waals surface area contributed by atoms with Crippen molar-refractivity contribution in [3.8, 4) is 0 Å². The minimum Gasteiger partial charge on any atom is -0.478 e. The number of fused-ring (bicyclic) bond motifs is 3. The number of aromatic carboxylic acids is 1. The lowest BCUT2D eigenvalue weighted by Gasteiger charge is -2.33. The Morgan fingerprint density at radius 2 is 1.47 bits per heavy atom. The fraction of sp³-hybridized carbons (Fsp3) is 0.286. The van der Waals surface area contributed by atoms with Crippen molar-refractivity contribution in [3.05, 3.63) is 100 Å². The highest BCUT2D eigenvalue weighted by Crippen LogP contribution is 2.57. The third kappa shape index (κ3) is 4.38. The van der Waals surface area contributed by atoms with Crippen LogP contribution in [-0.2, 0) is 26.7 Å². The summed E-state index contributed by atoms with van der Waals surface area (Å²) >= 11 is 0. The van der Waals surface area contributed by atoms with Crippen LogP contribution >= 0.6 is 0 Å². The quantitative estimate of drug-likeness (QED) is 0.277. The van der Waals surface area contributed by atoms with Crippen LogP contribution in [0.5, 0.6) is 0 Å². The van der Waals surface area contributed by atoms with Crippen LogP contribution in [0.4, 0.5) is 35.1 Å². The highest BCUT2D eigenvalue weighted by Gasteiger charge is 2.74. The number of halogens is 8. The van der Waals surface area contributed by atoms with Gasteiger partial charge >= 0.3 is 24.0 Å². The molecule has 1 heterocycles. The zero-order chi connectivity index (χ0) is 31.8. The predicted octanol–water partition coefficient (Wildman–Crippen LogP) is 5.95. The minimum atomic E-state index is -6.41. The van der Waals surface area contributed by atoms with Crippen LogP contribution < -0.4 is 0 Å². The lowest BCUT2D eigenvalue weighted by molar-refractivity contribution is -0.348. The first-order valence-electron chi connectivity index (χ1n) is 12.5. The molecule has 0 aromatic heterocycles. The number of carboxylic acid groups (broad SMARTS) is 1. The van der Waals surface area contributed by atoms with E-state index in [1.165, 1.54) is 18.2 Å². The zero-order valence-electron chi connectivity index (χ0n) is 21.5. The number of nitrogens with zero attached hydrogens (tertiary/aromatic N) is 1. The lowest BCUT2D eigenvalue weighted by atomic mass is 9.90. The topological polar surface area (TPSA) is 91.8 Å². The van der Waals surface area contributed by atoms with E-state index in [0.717, 1.165) is 35.2 Å². The summed E-state index contributed by atoms with van der Waals surface area (Å²) in [6, 6.07) is 8.13. The first kappa shape index (κ1) is 30.4. The van der Waals surface area contributed by atoms with Crippen LogP contribution in [0.15, 0.2) is 71.6 Å². The number of benzene rings is 3. The Morgan fingerprint density at radius 1 is 0.860 bits per heavy atom. The highest BCUT2D eigenvalue weighted by molar-refractivity contribution is 7.92. The van der Waals surface area contributed by atoms with Crippen molar-refractivity contribution >= 4 is 21.7 Å². The Bertz CT molecular complexity index is 1720. The van der Waals surface area contributed by atoms with Gasteiger partial charge in [0.2, 0.25) is 0 Å². The Labute approximate surface area is 238 Å². The van der Waals surface area contributed by atoms with Gasteiger partial charge in [0, 0.05) is 17.7 Å². The monoisotopic (exact) mass is 633 g/mol. The van der Waals surface area contributed by atoms with E-state index in [4.69, 9.17) is 0 Å². The Balaban J connectivity index is 1.69. The molecule has 0 radical (unpaired) electrons. The molecule has 0 bridgehead atoms. The summed E-state index contributed by atoms with van der Waals surface area (Å²) in [5.74, 6) is -3.00. The SMILES string of the molecule is O=C(O)c1cccc(C(=O)N2CCC3(S(=O)(=O)c4ccc(F)cc4)c4ccc(C(F)(C(F)(F)F)C(F)(F)F)cc4CC23)c1. The van der Waals surface area contributed by atoms with Gasteiger partial charge in [-0.05, 0) is 66.4 Å². The van der Waals surface area contributed by atoms with Crippen molar-refractivity contribution in [2.75, 3.05) is 6.54 Å². The van der Waals surface area contributed by atoms with E-state index in [0.29, 0.717) is 12.1 Å². The molecule has 1 aliphatic heterocycles. The van der Waals surface area contributed by atoms with Crippen LogP contribution in [0.25, 0.3) is 0 Å². The molecule has 1 saturated heterocycles. The fourth-order valence-electron chi connectivity index (χ4n) is 6.01. The first-order valence-corrected chi connectivity index (χ1v) is 14.0.